The SMILES string of the molecule is CC(C)[C@H]1CC[C@H](C(=O)N[C@@H](Cc2ccc(O)cc2)C(=O)O)CC1. The highest BCUT2D eigenvalue weighted by Gasteiger charge is 2.30. The molecule has 0 radical (unpaired) electrons. The first kappa shape index (κ1) is 18.3. The molecule has 1 fully saturated rings. The van der Waals surface area contributed by atoms with Crippen molar-refractivity contribution in [3.05, 3.63) is 29.8 Å². The number of aliphatic carboxylic acids is 1. The van der Waals surface area contributed by atoms with Crippen LogP contribution in [0.2, 0.25) is 0 Å². The summed E-state index contributed by atoms with van der Waals surface area (Å²) in [5.41, 5.74) is 0.768. The lowest BCUT2D eigenvalue weighted by Gasteiger charge is -2.30. The van der Waals surface area contributed by atoms with Crippen molar-refractivity contribution >= 4 is 11.9 Å². The number of phenolic OH excluding ortho intramolecular Hbond substituents is 1. The van der Waals surface area contributed by atoms with Gasteiger partial charge < -0.3 is 15.5 Å². The smallest absolute Gasteiger partial charge is 0.326 e. The number of carbonyl (C=O) groups is 2. The third-order valence-electron chi connectivity index (χ3n) is 5.08. The van der Waals surface area contributed by atoms with Crippen LogP contribution in [0.15, 0.2) is 24.3 Å². The topological polar surface area (TPSA) is 86.6 Å². The van der Waals surface area contributed by atoms with Crippen LogP contribution >= 0.6 is 0 Å². The Morgan fingerprint density at radius 3 is 2.21 bits per heavy atom. The second-order valence-corrected chi connectivity index (χ2v) is 7.13. The highest BCUT2D eigenvalue weighted by molar-refractivity contribution is 5.85. The molecule has 132 valence electrons. The van der Waals surface area contributed by atoms with Gasteiger partial charge in [-0.15, -0.1) is 0 Å². The Morgan fingerprint density at radius 1 is 1.12 bits per heavy atom. The van der Waals surface area contributed by atoms with Gasteiger partial charge in [0.1, 0.15) is 11.8 Å². The van der Waals surface area contributed by atoms with Crippen LogP contribution in [0.5, 0.6) is 5.75 Å². The predicted molar refractivity (Wildman–Crippen MR) is 91.7 cm³/mol. The number of carboxylic acids is 1. The van der Waals surface area contributed by atoms with E-state index in [1.165, 1.54) is 12.1 Å². The number of phenols is 1. The molecule has 1 aromatic carbocycles. The van der Waals surface area contributed by atoms with E-state index < -0.39 is 12.0 Å². The Labute approximate surface area is 143 Å². The van der Waals surface area contributed by atoms with Crippen LogP contribution < -0.4 is 5.32 Å². The van der Waals surface area contributed by atoms with Crippen molar-refractivity contribution in [2.75, 3.05) is 0 Å². The van der Waals surface area contributed by atoms with E-state index in [1.54, 1.807) is 12.1 Å². The van der Waals surface area contributed by atoms with Crippen molar-refractivity contribution in [1.82, 2.24) is 5.32 Å². The number of hydrogen-bond donors (Lipinski definition) is 3. The molecule has 0 spiro atoms. The molecule has 5 nitrogen and oxygen atoms in total. The van der Waals surface area contributed by atoms with E-state index in [4.69, 9.17) is 0 Å². The second-order valence-electron chi connectivity index (χ2n) is 7.13. The van der Waals surface area contributed by atoms with Gasteiger partial charge in [0.05, 0.1) is 0 Å². The van der Waals surface area contributed by atoms with Crippen molar-refractivity contribution < 1.29 is 19.8 Å². The molecular weight excluding hydrogens is 306 g/mol. The van der Waals surface area contributed by atoms with Crippen LogP contribution in [-0.4, -0.2) is 28.1 Å². The van der Waals surface area contributed by atoms with Gasteiger partial charge in [-0.1, -0.05) is 26.0 Å². The van der Waals surface area contributed by atoms with Gasteiger partial charge in [0.15, 0.2) is 0 Å². The molecule has 1 aliphatic rings. The lowest BCUT2D eigenvalue weighted by Crippen LogP contribution is -2.45. The van der Waals surface area contributed by atoms with Gasteiger partial charge in [-0.3, -0.25) is 4.79 Å². The van der Waals surface area contributed by atoms with Crippen molar-refractivity contribution in [2.45, 2.75) is 52.0 Å². The highest BCUT2D eigenvalue weighted by Crippen LogP contribution is 2.33. The molecule has 1 aromatic rings. The molecular formula is C19H27NO4. The third kappa shape index (κ3) is 4.98. The summed E-state index contributed by atoms with van der Waals surface area (Å²) in [7, 11) is 0. The van der Waals surface area contributed by atoms with Crippen molar-refractivity contribution in [3.63, 3.8) is 0 Å². The predicted octanol–water partition coefficient (Wildman–Crippen LogP) is 2.97. The third-order valence-corrected chi connectivity index (χ3v) is 5.08. The van der Waals surface area contributed by atoms with Crippen LogP contribution in [0.25, 0.3) is 0 Å². The van der Waals surface area contributed by atoms with Crippen LogP contribution in [0.4, 0.5) is 0 Å². The van der Waals surface area contributed by atoms with Gasteiger partial charge in [0.25, 0.3) is 0 Å². The van der Waals surface area contributed by atoms with Crippen molar-refractivity contribution in [2.24, 2.45) is 17.8 Å². The lowest BCUT2D eigenvalue weighted by atomic mass is 9.76. The Kier molecular flexibility index (Phi) is 6.23. The first-order valence-corrected chi connectivity index (χ1v) is 8.68. The highest BCUT2D eigenvalue weighted by atomic mass is 16.4. The van der Waals surface area contributed by atoms with Crippen LogP contribution in [-0.2, 0) is 16.0 Å². The number of benzene rings is 1. The summed E-state index contributed by atoms with van der Waals surface area (Å²) in [6, 6.07) is 5.44. The molecule has 24 heavy (non-hydrogen) atoms. The number of hydrogen-bond acceptors (Lipinski definition) is 3. The van der Waals surface area contributed by atoms with Gasteiger partial charge in [0.2, 0.25) is 5.91 Å². The van der Waals surface area contributed by atoms with E-state index in [-0.39, 0.29) is 24.0 Å². The van der Waals surface area contributed by atoms with Crippen LogP contribution in [0.3, 0.4) is 0 Å². The summed E-state index contributed by atoms with van der Waals surface area (Å²) in [5, 5.41) is 21.4. The summed E-state index contributed by atoms with van der Waals surface area (Å²) in [5.74, 6) is 0.172. The molecule has 1 atom stereocenters. The fourth-order valence-electron chi connectivity index (χ4n) is 3.41. The van der Waals surface area contributed by atoms with Gasteiger partial charge in [-0.2, -0.15) is 0 Å². The standard InChI is InChI=1S/C19H27NO4/c1-12(2)14-5-7-15(8-6-14)18(22)20-17(19(23)24)11-13-3-9-16(21)10-4-13/h3-4,9-10,12,14-15,17,21H,5-8,11H2,1-2H3,(H,20,22)(H,23,24)/t14-,15-,17-/m0/s1. The minimum Gasteiger partial charge on any atom is -0.508 e. The number of amides is 1. The quantitative estimate of drug-likeness (QED) is 0.747. The molecule has 5 heteroatoms. The average molecular weight is 333 g/mol. The maximum atomic E-state index is 12.4. The molecule has 1 aliphatic carbocycles. The zero-order valence-electron chi connectivity index (χ0n) is 14.4. The number of rotatable bonds is 6. The summed E-state index contributed by atoms with van der Waals surface area (Å²) < 4.78 is 0. The van der Waals surface area contributed by atoms with Gasteiger partial charge in [0, 0.05) is 12.3 Å². The number of carbonyl (C=O) groups excluding carboxylic acids is 1. The molecule has 0 saturated heterocycles. The van der Waals surface area contributed by atoms with E-state index in [0.29, 0.717) is 11.8 Å². The molecule has 0 aromatic heterocycles. The van der Waals surface area contributed by atoms with Crippen LogP contribution in [0, 0.1) is 17.8 Å². The van der Waals surface area contributed by atoms with Gasteiger partial charge in [-0.05, 0) is 55.2 Å². The molecule has 1 amide bonds. The van der Waals surface area contributed by atoms with Gasteiger partial charge in [-0.25, -0.2) is 4.79 Å². The minimum absolute atomic E-state index is 0.0818. The normalized spacial score (nSPS) is 22.1. The zero-order valence-corrected chi connectivity index (χ0v) is 14.4. The average Bonchev–Trinajstić information content (AvgIpc) is 2.56. The fraction of sp³-hybridized carbons (Fsp3) is 0.579. The van der Waals surface area contributed by atoms with E-state index >= 15 is 0 Å². The monoisotopic (exact) mass is 333 g/mol. The molecule has 3 N–H and O–H groups in total. The molecule has 1 saturated carbocycles. The number of carboxylic acid groups (broad SMARTS) is 1. The summed E-state index contributed by atoms with van der Waals surface area (Å²) >= 11 is 0. The molecule has 2 rings (SSSR count). The Bertz CT molecular complexity index is 559. The van der Waals surface area contributed by atoms with E-state index in [2.05, 4.69) is 19.2 Å². The summed E-state index contributed by atoms with van der Waals surface area (Å²) in [4.78, 5) is 23.9. The maximum Gasteiger partial charge on any atom is 0.326 e. The van der Waals surface area contributed by atoms with E-state index in [0.717, 1.165) is 31.2 Å². The van der Waals surface area contributed by atoms with Crippen molar-refractivity contribution in [3.8, 4) is 5.75 Å². The Hall–Kier alpha value is -2.04. The van der Waals surface area contributed by atoms with E-state index in [9.17, 15) is 19.8 Å². The largest absolute Gasteiger partial charge is 0.508 e. The Morgan fingerprint density at radius 2 is 1.71 bits per heavy atom. The summed E-state index contributed by atoms with van der Waals surface area (Å²) in [6.45, 7) is 4.42. The van der Waals surface area contributed by atoms with Crippen LogP contribution in [0.1, 0.15) is 45.1 Å². The second kappa shape index (κ2) is 8.18. The molecule has 0 bridgehead atoms. The molecule has 0 aliphatic heterocycles. The first-order valence-electron chi connectivity index (χ1n) is 8.68. The lowest BCUT2D eigenvalue weighted by molar-refractivity contribution is -0.142. The Balaban J connectivity index is 1.92. The summed E-state index contributed by atoms with van der Waals surface area (Å²) in [6.07, 6.45) is 3.94. The molecule has 0 unspecified atom stereocenters. The minimum atomic E-state index is -1.03. The van der Waals surface area contributed by atoms with E-state index in [1.807, 2.05) is 0 Å². The first-order chi connectivity index (χ1) is 11.4. The number of nitrogens with one attached hydrogen (secondary N) is 1. The number of aromatic hydroxyl groups is 1. The fourth-order valence-corrected chi connectivity index (χ4v) is 3.41. The van der Waals surface area contributed by atoms with Crippen molar-refractivity contribution in [1.29, 1.82) is 0 Å². The zero-order chi connectivity index (χ0) is 17.7. The van der Waals surface area contributed by atoms with Gasteiger partial charge >= 0.3 is 5.97 Å². The molecule has 0 heterocycles. The maximum absolute atomic E-state index is 12.4.